The maximum absolute atomic E-state index is 13.7. The molecule has 2 rings (SSSR count). The van der Waals surface area contributed by atoms with Crippen LogP contribution in [0.25, 0.3) is 0 Å². The molecule has 1 unspecified atom stereocenters. The first-order valence-electron chi connectivity index (χ1n) is 5.30. The summed E-state index contributed by atoms with van der Waals surface area (Å²) in [5, 5.41) is 0. The van der Waals surface area contributed by atoms with E-state index in [1.807, 2.05) is 42.5 Å². The summed E-state index contributed by atoms with van der Waals surface area (Å²) in [5.74, 6) is -0.183. The fraction of sp³-hybridized carbons (Fsp3) is 0.143. The molecule has 2 aromatic carbocycles. The van der Waals surface area contributed by atoms with Gasteiger partial charge in [0.2, 0.25) is 0 Å². The Kier molecular flexibility index (Phi) is 4.35. The van der Waals surface area contributed by atoms with E-state index in [0.717, 1.165) is 10.9 Å². The van der Waals surface area contributed by atoms with E-state index in [9.17, 15) is 4.39 Å². The first-order chi connectivity index (χ1) is 8.16. The van der Waals surface area contributed by atoms with Crippen LogP contribution in [0.3, 0.4) is 0 Å². The number of halogens is 3. The van der Waals surface area contributed by atoms with Crippen LogP contribution in [0.15, 0.2) is 53.0 Å². The number of rotatable bonds is 3. The van der Waals surface area contributed by atoms with Crippen molar-refractivity contribution in [3.63, 3.8) is 0 Å². The SMILES string of the molecule is Fc1cc(Br)ccc1C(Br)Cc1ccccc1. The van der Waals surface area contributed by atoms with Crippen molar-refractivity contribution >= 4 is 31.9 Å². The lowest BCUT2D eigenvalue weighted by Gasteiger charge is -2.11. The number of hydrogen-bond donors (Lipinski definition) is 0. The van der Waals surface area contributed by atoms with E-state index in [4.69, 9.17) is 0 Å². The number of hydrogen-bond acceptors (Lipinski definition) is 0. The van der Waals surface area contributed by atoms with Crippen molar-refractivity contribution in [3.05, 3.63) is 69.9 Å². The van der Waals surface area contributed by atoms with Crippen molar-refractivity contribution in [3.8, 4) is 0 Å². The van der Waals surface area contributed by atoms with Crippen molar-refractivity contribution in [1.29, 1.82) is 0 Å². The highest BCUT2D eigenvalue weighted by molar-refractivity contribution is 9.10. The molecule has 2 aromatic rings. The number of alkyl halides is 1. The van der Waals surface area contributed by atoms with Gasteiger partial charge in [-0.15, -0.1) is 0 Å². The van der Waals surface area contributed by atoms with E-state index >= 15 is 0 Å². The molecule has 0 amide bonds. The first-order valence-corrected chi connectivity index (χ1v) is 7.00. The van der Waals surface area contributed by atoms with Gasteiger partial charge in [-0.3, -0.25) is 0 Å². The summed E-state index contributed by atoms with van der Waals surface area (Å²) in [4.78, 5) is -0.00185. The molecular formula is C14H11Br2F. The first kappa shape index (κ1) is 12.8. The lowest BCUT2D eigenvalue weighted by molar-refractivity contribution is 0.607. The van der Waals surface area contributed by atoms with Crippen molar-refractivity contribution in [2.24, 2.45) is 0 Å². The topological polar surface area (TPSA) is 0 Å². The van der Waals surface area contributed by atoms with Gasteiger partial charge in [0, 0.05) is 14.9 Å². The smallest absolute Gasteiger partial charge is 0.128 e. The predicted octanol–water partition coefficient (Wildman–Crippen LogP) is 5.27. The Bertz CT molecular complexity index is 497. The van der Waals surface area contributed by atoms with Crippen LogP contribution >= 0.6 is 31.9 Å². The largest absolute Gasteiger partial charge is 0.207 e. The highest BCUT2D eigenvalue weighted by Crippen LogP contribution is 2.30. The summed E-state index contributed by atoms with van der Waals surface area (Å²) in [6, 6.07) is 15.2. The Labute approximate surface area is 117 Å². The van der Waals surface area contributed by atoms with Crippen molar-refractivity contribution in [2.45, 2.75) is 11.2 Å². The van der Waals surface area contributed by atoms with Gasteiger partial charge in [0.1, 0.15) is 5.82 Å². The molecule has 0 N–H and O–H groups in total. The third-order valence-corrected chi connectivity index (χ3v) is 3.87. The molecule has 0 radical (unpaired) electrons. The van der Waals surface area contributed by atoms with Gasteiger partial charge in [-0.1, -0.05) is 68.3 Å². The minimum atomic E-state index is -0.183. The Balaban J connectivity index is 2.17. The zero-order valence-electron chi connectivity index (χ0n) is 9.04. The van der Waals surface area contributed by atoms with Crippen LogP contribution in [-0.2, 0) is 6.42 Å². The summed E-state index contributed by atoms with van der Waals surface area (Å²) in [6.45, 7) is 0. The Morgan fingerprint density at radius 3 is 2.41 bits per heavy atom. The minimum absolute atomic E-state index is 0.00185. The third kappa shape index (κ3) is 3.39. The molecule has 0 aliphatic rings. The van der Waals surface area contributed by atoms with Crippen LogP contribution in [0.2, 0.25) is 0 Å². The minimum Gasteiger partial charge on any atom is -0.207 e. The molecule has 0 aliphatic heterocycles. The molecule has 0 saturated carbocycles. The van der Waals surface area contributed by atoms with Gasteiger partial charge in [0.15, 0.2) is 0 Å². The Morgan fingerprint density at radius 1 is 1.06 bits per heavy atom. The zero-order chi connectivity index (χ0) is 12.3. The molecule has 0 bridgehead atoms. The van der Waals surface area contributed by atoms with Crippen LogP contribution in [0.5, 0.6) is 0 Å². The quantitative estimate of drug-likeness (QED) is 0.656. The van der Waals surface area contributed by atoms with E-state index in [-0.39, 0.29) is 10.6 Å². The summed E-state index contributed by atoms with van der Waals surface area (Å²) in [7, 11) is 0. The molecule has 0 saturated heterocycles. The summed E-state index contributed by atoms with van der Waals surface area (Å²) in [5.41, 5.74) is 1.88. The van der Waals surface area contributed by atoms with Gasteiger partial charge in [0.25, 0.3) is 0 Å². The van der Waals surface area contributed by atoms with Crippen LogP contribution in [0.1, 0.15) is 16.0 Å². The average Bonchev–Trinajstić information content (AvgIpc) is 2.30. The fourth-order valence-corrected chi connectivity index (χ4v) is 2.76. The maximum Gasteiger partial charge on any atom is 0.128 e. The standard InChI is InChI=1S/C14H11Br2F/c15-11-6-7-12(14(17)9-11)13(16)8-10-4-2-1-3-5-10/h1-7,9,13H,8H2. The normalized spacial score (nSPS) is 12.4. The Hall–Kier alpha value is -0.670. The van der Waals surface area contributed by atoms with E-state index in [1.54, 1.807) is 0 Å². The second-order valence-corrected chi connectivity index (χ2v) is 5.84. The zero-order valence-corrected chi connectivity index (χ0v) is 12.2. The van der Waals surface area contributed by atoms with Crippen molar-refractivity contribution < 1.29 is 4.39 Å². The van der Waals surface area contributed by atoms with E-state index < -0.39 is 0 Å². The molecule has 17 heavy (non-hydrogen) atoms. The highest BCUT2D eigenvalue weighted by Gasteiger charge is 2.13. The van der Waals surface area contributed by atoms with Crippen LogP contribution in [-0.4, -0.2) is 0 Å². The molecule has 3 heteroatoms. The molecule has 0 aliphatic carbocycles. The van der Waals surface area contributed by atoms with Crippen molar-refractivity contribution in [1.82, 2.24) is 0 Å². The highest BCUT2D eigenvalue weighted by atomic mass is 79.9. The summed E-state index contributed by atoms with van der Waals surface area (Å²) < 4.78 is 14.5. The monoisotopic (exact) mass is 356 g/mol. The molecule has 0 aromatic heterocycles. The molecule has 88 valence electrons. The van der Waals surface area contributed by atoms with Crippen molar-refractivity contribution in [2.75, 3.05) is 0 Å². The lowest BCUT2D eigenvalue weighted by atomic mass is 10.0. The molecule has 0 spiro atoms. The van der Waals surface area contributed by atoms with Crippen LogP contribution in [0, 0.1) is 5.82 Å². The van der Waals surface area contributed by atoms with Gasteiger partial charge >= 0.3 is 0 Å². The van der Waals surface area contributed by atoms with Crippen LogP contribution < -0.4 is 0 Å². The summed E-state index contributed by atoms with van der Waals surface area (Å²) >= 11 is 6.80. The van der Waals surface area contributed by atoms with Gasteiger partial charge in [-0.05, 0) is 24.1 Å². The van der Waals surface area contributed by atoms with Gasteiger partial charge in [-0.25, -0.2) is 4.39 Å². The van der Waals surface area contributed by atoms with E-state index in [2.05, 4.69) is 31.9 Å². The van der Waals surface area contributed by atoms with Gasteiger partial charge < -0.3 is 0 Å². The summed E-state index contributed by atoms with van der Waals surface area (Å²) in [6.07, 6.45) is 0.777. The molecule has 0 fully saturated rings. The third-order valence-electron chi connectivity index (χ3n) is 2.56. The van der Waals surface area contributed by atoms with E-state index in [0.29, 0.717) is 5.56 Å². The molecule has 0 nitrogen and oxygen atoms in total. The second-order valence-electron chi connectivity index (χ2n) is 3.82. The van der Waals surface area contributed by atoms with E-state index in [1.165, 1.54) is 11.6 Å². The van der Waals surface area contributed by atoms with Crippen LogP contribution in [0.4, 0.5) is 4.39 Å². The maximum atomic E-state index is 13.7. The number of benzene rings is 2. The molecular weight excluding hydrogens is 347 g/mol. The Morgan fingerprint density at radius 2 is 1.76 bits per heavy atom. The second kappa shape index (κ2) is 5.78. The predicted molar refractivity (Wildman–Crippen MR) is 75.9 cm³/mol. The van der Waals surface area contributed by atoms with Gasteiger partial charge in [-0.2, -0.15) is 0 Å². The molecule has 0 heterocycles. The van der Waals surface area contributed by atoms with Gasteiger partial charge in [0.05, 0.1) is 0 Å². The average molecular weight is 358 g/mol. The lowest BCUT2D eigenvalue weighted by Crippen LogP contribution is -1.98. The molecule has 1 atom stereocenters. The fourth-order valence-electron chi connectivity index (χ4n) is 1.69.